The molecule has 3 aromatic rings. The first-order valence-corrected chi connectivity index (χ1v) is 14.2. The molecule has 0 spiro atoms. The summed E-state index contributed by atoms with van der Waals surface area (Å²) in [6, 6.07) is 16.9. The van der Waals surface area contributed by atoms with Crippen LogP contribution in [-0.2, 0) is 16.1 Å². The fourth-order valence-corrected chi connectivity index (χ4v) is 5.78. The highest BCUT2D eigenvalue weighted by molar-refractivity contribution is 7.13. The van der Waals surface area contributed by atoms with Crippen LogP contribution in [0.5, 0.6) is 0 Å². The minimum Gasteiger partial charge on any atom is -0.391 e. The largest absolute Gasteiger partial charge is 0.391 e. The Hall–Kier alpha value is -3.07. The summed E-state index contributed by atoms with van der Waals surface area (Å²) in [6.45, 7) is 8.66. The lowest BCUT2D eigenvalue weighted by atomic mass is 9.95. The van der Waals surface area contributed by atoms with E-state index >= 15 is 0 Å². The third-order valence-electron chi connectivity index (χ3n) is 7.50. The molecule has 3 N–H and O–H groups in total. The number of aliphatic hydroxyl groups excluding tert-OH is 1. The van der Waals surface area contributed by atoms with Crippen molar-refractivity contribution in [1.82, 2.24) is 20.5 Å². The van der Waals surface area contributed by atoms with E-state index in [1.54, 1.807) is 16.2 Å². The summed E-state index contributed by atoms with van der Waals surface area (Å²) in [5, 5.41) is 16.9. The van der Waals surface area contributed by atoms with E-state index in [0.717, 1.165) is 33.7 Å². The van der Waals surface area contributed by atoms with Crippen LogP contribution < -0.4 is 10.6 Å². The lowest BCUT2D eigenvalue weighted by Crippen LogP contribution is -2.54. The number of aliphatic hydroxyl groups is 1. The highest BCUT2D eigenvalue weighted by Gasteiger charge is 2.42. The maximum absolute atomic E-state index is 13.8. The fraction of sp³-hybridized carbons (Fsp3) is 0.433. The second-order valence-corrected chi connectivity index (χ2v) is 11.1. The van der Waals surface area contributed by atoms with Crippen molar-refractivity contribution < 1.29 is 14.7 Å². The standard InChI is InChI=1S/C30H38N4O3S/c1-5-19(2)27(33-20(3)23-9-7-6-8-10-23)30(37)34-17-25(35)15-26(34)29(36)31-16-22-11-13-24(14-12-22)28-21(4)32-18-38-28/h6-14,18-20,25-27,33,35H,5,15-17H2,1-4H3,(H,31,36)/t19-,20?,25?,26-,27-/m0/s1. The lowest BCUT2D eigenvalue weighted by molar-refractivity contribution is -0.141. The van der Waals surface area contributed by atoms with Crippen LogP contribution in [0.1, 0.15) is 56.5 Å². The first-order valence-electron chi connectivity index (χ1n) is 13.3. The number of aryl methyl sites for hydroxylation is 1. The lowest BCUT2D eigenvalue weighted by Gasteiger charge is -2.33. The first kappa shape index (κ1) is 28.0. The van der Waals surface area contributed by atoms with Crippen molar-refractivity contribution >= 4 is 23.2 Å². The second kappa shape index (κ2) is 12.7. The molecule has 1 saturated heterocycles. The van der Waals surface area contributed by atoms with Crippen LogP contribution in [0.25, 0.3) is 10.4 Å². The smallest absolute Gasteiger partial charge is 0.243 e. The summed E-state index contributed by atoms with van der Waals surface area (Å²) in [5.41, 5.74) is 6.01. The zero-order valence-corrected chi connectivity index (χ0v) is 23.4. The summed E-state index contributed by atoms with van der Waals surface area (Å²) in [7, 11) is 0. The topological polar surface area (TPSA) is 94.6 Å². The third kappa shape index (κ3) is 6.49. The van der Waals surface area contributed by atoms with E-state index in [-0.39, 0.29) is 36.7 Å². The van der Waals surface area contributed by atoms with E-state index in [4.69, 9.17) is 0 Å². The maximum Gasteiger partial charge on any atom is 0.243 e. The average molecular weight is 535 g/mol. The van der Waals surface area contributed by atoms with E-state index in [1.165, 1.54) is 0 Å². The molecule has 38 heavy (non-hydrogen) atoms. The van der Waals surface area contributed by atoms with Gasteiger partial charge in [0.1, 0.15) is 6.04 Å². The van der Waals surface area contributed by atoms with Crippen molar-refractivity contribution in [2.24, 2.45) is 5.92 Å². The van der Waals surface area contributed by atoms with Crippen molar-refractivity contribution in [3.05, 3.63) is 76.9 Å². The molecule has 2 unspecified atom stereocenters. The Morgan fingerprint density at radius 3 is 2.47 bits per heavy atom. The van der Waals surface area contributed by atoms with Gasteiger partial charge in [-0.1, -0.05) is 74.9 Å². The Bertz CT molecular complexity index is 1210. The van der Waals surface area contributed by atoms with Crippen LogP contribution in [-0.4, -0.2) is 51.5 Å². The van der Waals surface area contributed by atoms with E-state index in [1.807, 2.05) is 80.9 Å². The molecule has 2 amide bonds. The van der Waals surface area contributed by atoms with Gasteiger partial charge in [0.15, 0.2) is 0 Å². The van der Waals surface area contributed by atoms with Crippen molar-refractivity contribution in [2.45, 2.75) is 71.3 Å². The molecule has 0 bridgehead atoms. The number of hydrogen-bond acceptors (Lipinski definition) is 6. The number of rotatable bonds is 10. The number of nitrogens with zero attached hydrogens (tertiary/aromatic N) is 2. The molecule has 5 atom stereocenters. The molecular weight excluding hydrogens is 496 g/mol. The number of carbonyl (C=O) groups is 2. The Kier molecular flexibility index (Phi) is 9.31. The highest BCUT2D eigenvalue weighted by atomic mass is 32.1. The number of hydrogen-bond donors (Lipinski definition) is 3. The van der Waals surface area contributed by atoms with Gasteiger partial charge in [-0.3, -0.25) is 14.9 Å². The minimum atomic E-state index is -0.722. The van der Waals surface area contributed by atoms with E-state index in [2.05, 4.69) is 22.5 Å². The maximum atomic E-state index is 13.8. The summed E-state index contributed by atoms with van der Waals surface area (Å²) in [6.07, 6.45) is 0.332. The van der Waals surface area contributed by atoms with Gasteiger partial charge in [0.25, 0.3) is 0 Å². The monoisotopic (exact) mass is 534 g/mol. The van der Waals surface area contributed by atoms with Crippen LogP contribution in [0, 0.1) is 12.8 Å². The van der Waals surface area contributed by atoms with Crippen LogP contribution in [0.4, 0.5) is 0 Å². The number of nitrogens with one attached hydrogen (secondary N) is 2. The van der Waals surface area contributed by atoms with Gasteiger partial charge in [-0.25, -0.2) is 4.98 Å². The van der Waals surface area contributed by atoms with Gasteiger partial charge in [-0.15, -0.1) is 11.3 Å². The summed E-state index contributed by atoms with van der Waals surface area (Å²) in [4.78, 5) is 34.0. The normalized spacial score (nSPS) is 19.7. The molecule has 202 valence electrons. The quantitative estimate of drug-likeness (QED) is 0.357. The van der Waals surface area contributed by atoms with E-state index in [9.17, 15) is 14.7 Å². The molecule has 1 aliphatic heterocycles. The fourth-order valence-electron chi connectivity index (χ4n) is 4.97. The zero-order valence-electron chi connectivity index (χ0n) is 22.6. The predicted octanol–water partition coefficient (Wildman–Crippen LogP) is 4.46. The number of thiazole rings is 1. The van der Waals surface area contributed by atoms with Crippen LogP contribution in [0.3, 0.4) is 0 Å². The van der Waals surface area contributed by atoms with Crippen LogP contribution in [0.2, 0.25) is 0 Å². The molecule has 1 fully saturated rings. The number of amides is 2. The van der Waals surface area contributed by atoms with Crippen molar-refractivity contribution in [3.63, 3.8) is 0 Å². The molecule has 8 heteroatoms. The van der Waals surface area contributed by atoms with Crippen LogP contribution in [0.15, 0.2) is 60.1 Å². The van der Waals surface area contributed by atoms with E-state index < -0.39 is 18.2 Å². The van der Waals surface area contributed by atoms with Gasteiger partial charge in [0.05, 0.1) is 28.2 Å². The Morgan fingerprint density at radius 1 is 1.13 bits per heavy atom. The average Bonchev–Trinajstić information content (AvgIpc) is 3.55. The van der Waals surface area contributed by atoms with Gasteiger partial charge in [0, 0.05) is 25.6 Å². The Morgan fingerprint density at radius 2 is 1.84 bits per heavy atom. The molecular formula is C30H38N4O3S. The number of likely N-dealkylation sites (tertiary alicyclic amines) is 1. The van der Waals surface area contributed by atoms with Crippen molar-refractivity contribution in [2.75, 3.05) is 6.54 Å². The number of benzene rings is 2. The van der Waals surface area contributed by atoms with Crippen molar-refractivity contribution in [1.29, 1.82) is 0 Å². The summed E-state index contributed by atoms with van der Waals surface area (Å²) >= 11 is 1.61. The Balaban J connectivity index is 1.42. The highest BCUT2D eigenvalue weighted by Crippen LogP contribution is 2.27. The molecule has 0 radical (unpaired) electrons. The Labute approximate surface area is 229 Å². The zero-order chi connectivity index (χ0) is 27.2. The van der Waals surface area contributed by atoms with Gasteiger partial charge < -0.3 is 15.3 Å². The van der Waals surface area contributed by atoms with Gasteiger partial charge >= 0.3 is 0 Å². The molecule has 7 nitrogen and oxygen atoms in total. The minimum absolute atomic E-state index is 0.0318. The number of β-amino-alcohol motifs (C(OH)–C–C–N with tert-alkyl or cyclic N) is 1. The second-order valence-electron chi connectivity index (χ2n) is 10.2. The number of aromatic nitrogens is 1. The van der Waals surface area contributed by atoms with Gasteiger partial charge in [0.2, 0.25) is 11.8 Å². The molecule has 2 heterocycles. The van der Waals surface area contributed by atoms with Crippen LogP contribution >= 0.6 is 11.3 Å². The molecule has 1 aromatic heterocycles. The molecule has 0 aliphatic carbocycles. The van der Waals surface area contributed by atoms with Crippen molar-refractivity contribution in [3.8, 4) is 10.4 Å². The first-order chi connectivity index (χ1) is 18.3. The molecule has 1 aliphatic rings. The van der Waals surface area contributed by atoms with E-state index in [0.29, 0.717) is 6.54 Å². The van der Waals surface area contributed by atoms with Gasteiger partial charge in [-0.05, 0) is 36.5 Å². The predicted molar refractivity (Wildman–Crippen MR) is 151 cm³/mol. The third-order valence-corrected chi connectivity index (χ3v) is 8.48. The molecule has 0 saturated carbocycles. The number of carbonyl (C=O) groups excluding carboxylic acids is 2. The van der Waals surface area contributed by atoms with Gasteiger partial charge in [-0.2, -0.15) is 0 Å². The molecule has 4 rings (SSSR count). The summed E-state index contributed by atoms with van der Waals surface area (Å²) in [5.74, 6) is -0.310. The summed E-state index contributed by atoms with van der Waals surface area (Å²) < 4.78 is 0. The molecule has 2 aromatic carbocycles. The SMILES string of the molecule is CC[C@H](C)[C@H](NC(C)c1ccccc1)C(=O)N1CC(O)C[C@H]1C(=O)NCc1ccc(-c2scnc2C)cc1.